The molecule has 1 unspecified atom stereocenters. The number of aromatic nitrogens is 2. The van der Waals surface area contributed by atoms with Gasteiger partial charge < -0.3 is 15.0 Å². The quantitative estimate of drug-likeness (QED) is 0.490. The Balaban J connectivity index is 1.60. The number of rotatable bonds is 8. The number of carbonyl (C=O) groups is 2. The van der Waals surface area contributed by atoms with Crippen LogP contribution in [0.4, 0.5) is 0 Å². The second-order valence-corrected chi connectivity index (χ2v) is 7.75. The predicted octanol–water partition coefficient (Wildman–Crippen LogP) is 3.43. The van der Waals surface area contributed by atoms with E-state index in [1.165, 1.54) is 7.11 Å². The summed E-state index contributed by atoms with van der Waals surface area (Å²) >= 11 is 3.38. The Morgan fingerprint density at radius 3 is 2.63 bits per heavy atom. The minimum Gasteiger partial charge on any atom is -0.469 e. The highest BCUT2D eigenvalue weighted by atomic mass is 79.9. The molecule has 0 bridgehead atoms. The number of amides is 1. The first-order chi connectivity index (χ1) is 14.5. The fourth-order valence-electron chi connectivity index (χ4n) is 3.13. The maximum atomic E-state index is 12.5. The molecule has 0 aliphatic rings. The molecule has 0 fully saturated rings. The van der Waals surface area contributed by atoms with Crippen LogP contribution in [0.2, 0.25) is 0 Å². The number of carbonyl (C=O) groups excluding carboxylic acids is 2. The van der Waals surface area contributed by atoms with E-state index in [9.17, 15) is 14.4 Å². The van der Waals surface area contributed by atoms with Crippen LogP contribution in [0, 0.1) is 0 Å². The first-order valence-corrected chi connectivity index (χ1v) is 10.3. The first-order valence-electron chi connectivity index (χ1n) is 9.56. The smallest absolute Gasteiger partial charge is 0.307 e. The minimum atomic E-state index is -0.475. The Bertz CT molecular complexity index is 1100. The maximum Gasteiger partial charge on any atom is 0.307 e. The normalized spacial score (nSPS) is 11.8. The van der Waals surface area contributed by atoms with E-state index >= 15 is 0 Å². The number of aryl methyl sites for hydroxylation is 1. The lowest BCUT2D eigenvalue weighted by atomic mass is 10.0. The van der Waals surface area contributed by atoms with Crippen LogP contribution in [-0.2, 0) is 20.7 Å². The van der Waals surface area contributed by atoms with Gasteiger partial charge in [0, 0.05) is 17.3 Å². The van der Waals surface area contributed by atoms with Crippen LogP contribution < -0.4 is 10.9 Å². The predicted molar refractivity (Wildman–Crippen MR) is 117 cm³/mol. The van der Waals surface area contributed by atoms with Gasteiger partial charge in [0.05, 0.1) is 30.5 Å². The Kier molecular flexibility index (Phi) is 7.35. The zero-order valence-electron chi connectivity index (χ0n) is 16.5. The molecule has 2 aromatic carbocycles. The molecule has 0 aliphatic carbocycles. The number of hydrogen-bond donors (Lipinski definition) is 2. The van der Waals surface area contributed by atoms with Crippen molar-refractivity contribution in [2.75, 3.05) is 7.11 Å². The third-order valence-electron chi connectivity index (χ3n) is 4.69. The fraction of sp³-hybridized carbons (Fsp3) is 0.273. The lowest BCUT2D eigenvalue weighted by Crippen LogP contribution is -2.30. The summed E-state index contributed by atoms with van der Waals surface area (Å²) in [6, 6.07) is 14.1. The number of methoxy groups -OCH3 is 1. The van der Waals surface area contributed by atoms with E-state index in [-0.39, 0.29) is 24.3 Å². The molecular formula is C22H22BrN3O4. The fourth-order valence-corrected chi connectivity index (χ4v) is 3.40. The molecule has 1 amide bonds. The number of nitrogens with one attached hydrogen (secondary N) is 2. The van der Waals surface area contributed by atoms with Crippen molar-refractivity contribution in [3.05, 3.63) is 74.7 Å². The highest BCUT2D eigenvalue weighted by molar-refractivity contribution is 9.10. The molecular weight excluding hydrogens is 450 g/mol. The average molecular weight is 472 g/mol. The number of nitrogens with zero attached hydrogens (tertiary/aromatic N) is 1. The van der Waals surface area contributed by atoms with Crippen molar-refractivity contribution >= 4 is 38.7 Å². The minimum absolute atomic E-state index is 0.0451. The molecule has 3 rings (SSSR count). The van der Waals surface area contributed by atoms with E-state index in [0.29, 0.717) is 29.6 Å². The largest absolute Gasteiger partial charge is 0.469 e. The molecule has 1 heterocycles. The molecule has 3 aromatic rings. The van der Waals surface area contributed by atoms with Crippen molar-refractivity contribution in [1.29, 1.82) is 0 Å². The summed E-state index contributed by atoms with van der Waals surface area (Å²) in [6.45, 7) is 0. The second-order valence-electron chi connectivity index (χ2n) is 6.84. The Morgan fingerprint density at radius 1 is 1.17 bits per heavy atom. The van der Waals surface area contributed by atoms with Crippen LogP contribution in [0.5, 0.6) is 0 Å². The number of H-pyrrole nitrogens is 1. The molecule has 1 aromatic heterocycles. The van der Waals surface area contributed by atoms with Crippen molar-refractivity contribution < 1.29 is 14.3 Å². The van der Waals surface area contributed by atoms with E-state index in [0.717, 1.165) is 10.0 Å². The van der Waals surface area contributed by atoms with Crippen molar-refractivity contribution in [3.63, 3.8) is 0 Å². The van der Waals surface area contributed by atoms with Gasteiger partial charge in [-0.2, -0.15) is 0 Å². The lowest BCUT2D eigenvalue weighted by molar-refractivity contribution is -0.141. The number of esters is 1. The summed E-state index contributed by atoms with van der Waals surface area (Å²) in [5.41, 5.74) is 1.26. The van der Waals surface area contributed by atoms with E-state index in [4.69, 9.17) is 4.74 Å². The van der Waals surface area contributed by atoms with Gasteiger partial charge in [-0.25, -0.2) is 4.98 Å². The van der Waals surface area contributed by atoms with Crippen LogP contribution in [0.15, 0.2) is 57.8 Å². The van der Waals surface area contributed by atoms with Crippen LogP contribution in [-0.4, -0.2) is 29.0 Å². The van der Waals surface area contributed by atoms with Gasteiger partial charge in [-0.15, -0.1) is 0 Å². The number of para-hydroxylation sites is 1. The van der Waals surface area contributed by atoms with Gasteiger partial charge in [0.15, 0.2) is 0 Å². The lowest BCUT2D eigenvalue weighted by Gasteiger charge is -2.18. The summed E-state index contributed by atoms with van der Waals surface area (Å²) in [4.78, 5) is 43.6. The zero-order valence-corrected chi connectivity index (χ0v) is 18.1. The molecule has 0 spiro atoms. The number of hydrogen-bond acceptors (Lipinski definition) is 5. The molecule has 2 N–H and O–H groups in total. The van der Waals surface area contributed by atoms with Gasteiger partial charge in [-0.05, 0) is 36.2 Å². The van der Waals surface area contributed by atoms with Gasteiger partial charge >= 0.3 is 5.97 Å². The summed E-state index contributed by atoms with van der Waals surface area (Å²) in [5.74, 6) is -0.0402. The summed E-state index contributed by atoms with van der Waals surface area (Å²) in [7, 11) is 1.32. The topological polar surface area (TPSA) is 101 Å². The van der Waals surface area contributed by atoms with E-state index in [1.54, 1.807) is 18.2 Å². The Hall–Kier alpha value is -3.00. The SMILES string of the molecule is COC(=O)CC(NC(=O)CCCc1nc2ccccc2c(=O)[nH]1)c1ccc(Br)cc1. The number of fused-ring (bicyclic) bond motifs is 1. The first kappa shape index (κ1) is 21.7. The van der Waals surface area contributed by atoms with Crippen molar-refractivity contribution in [2.24, 2.45) is 0 Å². The Morgan fingerprint density at radius 2 is 1.90 bits per heavy atom. The Labute approximate surface area is 182 Å². The average Bonchev–Trinajstić information content (AvgIpc) is 2.74. The molecule has 8 heteroatoms. The summed E-state index contributed by atoms with van der Waals surface area (Å²) in [5, 5.41) is 3.44. The van der Waals surface area contributed by atoms with Crippen LogP contribution in [0.25, 0.3) is 10.9 Å². The maximum absolute atomic E-state index is 12.5. The van der Waals surface area contributed by atoms with E-state index in [2.05, 4.69) is 31.2 Å². The van der Waals surface area contributed by atoms with Crippen molar-refractivity contribution in [2.45, 2.75) is 31.7 Å². The molecule has 0 saturated heterocycles. The molecule has 30 heavy (non-hydrogen) atoms. The van der Waals surface area contributed by atoms with E-state index < -0.39 is 12.0 Å². The molecule has 7 nitrogen and oxygen atoms in total. The number of benzene rings is 2. The molecule has 0 aliphatic heterocycles. The van der Waals surface area contributed by atoms with Crippen LogP contribution >= 0.6 is 15.9 Å². The highest BCUT2D eigenvalue weighted by Gasteiger charge is 2.19. The third-order valence-corrected chi connectivity index (χ3v) is 5.21. The molecule has 1 atom stereocenters. The van der Waals surface area contributed by atoms with Gasteiger partial charge in [-0.1, -0.05) is 40.2 Å². The van der Waals surface area contributed by atoms with Gasteiger partial charge in [0.2, 0.25) is 5.91 Å². The number of halogens is 1. The van der Waals surface area contributed by atoms with Gasteiger partial charge in [0.1, 0.15) is 5.82 Å². The van der Waals surface area contributed by atoms with E-state index in [1.807, 2.05) is 30.3 Å². The van der Waals surface area contributed by atoms with Crippen molar-refractivity contribution in [1.82, 2.24) is 15.3 Å². The molecule has 0 radical (unpaired) electrons. The second kappa shape index (κ2) is 10.2. The third kappa shape index (κ3) is 5.76. The highest BCUT2D eigenvalue weighted by Crippen LogP contribution is 2.20. The summed E-state index contributed by atoms with van der Waals surface area (Å²) < 4.78 is 5.66. The monoisotopic (exact) mass is 471 g/mol. The zero-order chi connectivity index (χ0) is 21.5. The number of ether oxygens (including phenoxy) is 1. The van der Waals surface area contributed by atoms with Crippen molar-refractivity contribution in [3.8, 4) is 0 Å². The molecule has 0 saturated carbocycles. The standard InChI is InChI=1S/C22H22BrN3O4/c1-30-21(28)13-18(14-9-11-15(23)12-10-14)25-20(27)8-4-7-19-24-17-6-3-2-5-16(17)22(29)26-19/h2-3,5-6,9-12,18H,4,7-8,13H2,1H3,(H,25,27)(H,24,26,29). The number of aromatic amines is 1. The van der Waals surface area contributed by atoms with Gasteiger partial charge in [0.25, 0.3) is 5.56 Å². The summed E-state index contributed by atoms with van der Waals surface area (Å²) in [6.07, 6.45) is 1.26. The van der Waals surface area contributed by atoms with Gasteiger partial charge in [-0.3, -0.25) is 14.4 Å². The van der Waals surface area contributed by atoms with Crippen LogP contribution in [0.3, 0.4) is 0 Å². The molecule has 156 valence electrons. The van der Waals surface area contributed by atoms with Crippen LogP contribution in [0.1, 0.15) is 36.7 Å².